The van der Waals surface area contributed by atoms with Crippen LogP contribution in [0.5, 0.6) is 5.19 Å². The first-order chi connectivity index (χ1) is 7.58. The molecule has 0 unspecified atom stereocenters. The fourth-order valence-electron chi connectivity index (χ4n) is 1.10. The van der Waals surface area contributed by atoms with Gasteiger partial charge in [0.15, 0.2) is 0 Å². The molecule has 2 rings (SSSR count). The second-order valence-corrected chi connectivity index (χ2v) is 5.55. The first kappa shape index (κ1) is 11.1. The van der Waals surface area contributed by atoms with E-state index in [0.29, 0.717) is 0 Å². The van der Waals surface area contributed by atoms with Crippen LogP contribution in [0.2, 0.25) is 0 Å². The summed E-state index contributed by atoms with van der Waals surface area (Å²) in [6.45, 7) is 1.89. The zero-order valence-corrected chi connectivity index (χ0v) is 10.1. The lowest BCUT2D eigenvalue weighted by Gasteiger charge is -2.03. The number of hydrogen-bond donors (Lipinski definition) is 0. The first-order valence-corrected chi connectivity index (χ1v) is 6.77. The summed E-state index contributed by atoms with van der Waals surface area (Å²) in [5.41, 5.74) is 0.994. The maximum atomic E-state index is 11.8. The van der Waals surface area contributed by atoms with Gasteiger partial charge in [0, 0.05) is 11.6 Å². The Morgan fingerprint density at radius 1 is 1.25 bits per heavy atom. The molecule has 84 valence electrons. The van der Waals surface area contributed by atoms with E-state index >= 15 is 0 Å². The minimum atomic E-state index is -3.75. The monoisotopic (exact) mass is 255 g/mol. The molecule has 0 aliphatic carbocycles. The van der Waals surface area contributed by atoms with Crippen molar-refractivity contribution in [3.63, 3.8) is 0 Å². The Balaban J connectivity index is 2.29. The third-order valence-corrected chi connectivity index (χ3v) is 3.88. The quantitative estimate of drug-likeness (QED) is 0.789. The standard InChI is InChI=1S/C10H9NO3S2/c1-8-2-4-9(5-3-8)16(12,13)14-10-11-6-7-15-10/h2-7H,1H3. The van der Waals surface area contributed by atoms with Gasteiger partial charge >= 0.3 is 10.1 Å². The van der Waals surface area contributed by atoms with Crippen LogP contribution in [0, 0.1) is 6.92 Å². The molecular weight excluding hydrogens is 246 g/mol. The molecule has 0 spiro atoms. The van der Waals surface area contributed by atoms with Crippen molar-refractivity contribution in [1.29, 1.82) is 0 Å². The molecule has 0 atom stereocenters. The van der Waals surface area contributed by atoms with E-state index in [-0.39, 0.29) is 10.1 Å². The highest BCUT2D eigenvalue weighted by molar-refractivity contribution is 7.87. The summed E-state index contributed by atoms with van der Waals surface area (Å²) in [5, 5.41) is 1.78. The van der Waals surface area contributed by atoms with Crippen LogP contribution in [0.4, 0.5) is 0 Å². The molecule has 0 bridgehead atoms. The van der Waals surface area contributed by atoms with Gasteiger partial charge in [-0.25, -0.2) is 4.98 Å². The van der Waals surface area contributed by atoms with Gasteiger partial charge in [0.25, 0.3) is 5.19 Å². The number of benzene rings is 1. The highest BCUT2D eigenvalue weighted by atomic mass is 32.2. The second kappa shape index (κ2) is 4.23. The van der Waals surface area contributed by atoms with E-state index in [2.05, 4.69) is 4.98 Å². The van der Waals surface area contributed by atoms with Crippen LogP contribution in [0.25, 0.3) is 0 Å². The highest BCUT2D eigenvalue weighted by Gasteiger charge is 2.17. The summed E-state index contributed by atoms with van der Waals surface area (Å²) in [4.78, 5) is 3.89. The van der Waals surface area contributed by atoms with Gasteiger partial charge in [-0.1, -0.05) is 29.0 Å². The molecule has 6 heteroatoms. The molecule has 0 fully saturated rings. The zero-order valence-electron chi connectivity index (χ0n) is 8.45. The van der Waals surface area contributed by atoms with Crippen molar-refractivity contribution in [2.75, 3.05) is 0 Å². The van der Waals surface area contributed by atoms with Gasteiger partial charge in [-0.2, -0.15) is 8.42 Å². The third kappa shape index (κ3) is 2.40. The molecule has 1 heterocycles. The van der Waals surface area contributed by atoms with Gasteiger partial charge in [0.1, 0.15) is 4.90 Å². The average molecular weight is 255 g/mol. The third-order valence-electron chi connectivity index (χ3n) is 1.90. The second-order valence-electron chi connectivity index (χ2n) is 3.15. The number of aromatic nitrogens is 1. The normalized spacial score (nSPS) is 11.3. The predicted octanol–water partition coefficient (Wildman–Crippen LogP) is 2.22. The number of nitrogens with zero attached hydrogens (tertiary/aromatic N) is 1. The van der Waals surface area contributed by atoms with Crippen LogP contribution < -0.4 is 4.18 Å². The largest absolute Gasteiger partial charge is 0.348 e. The van der Waals surface area contributed by atoms with Gasteiger partial charge in [0.05, 0.1) is 0 Å². The van der Waals surface area contributed by atoms with Crippen LogP contribution in [0.1, 0.15) is 5.56 Å². The summed E-state index contributed by atoms with van der Waals surface area (Å²) in [6.07, 6.45) is 1.49. The summed E-state index contributed by atoms with van der Waals surface area (Å²) in [6, 6.07) is 6.47. The Morgan fingerprint density at radius 3 is 2.50 bits per heavy atom. The van der Waals surface area contributed by atoms with Crippen LogP contribution >= 0.6 is 11.3 Å². The molecule has 0 aliphatic heterocycles. The fourth-order valence-corrected chi connectivity index (χ4v) is 2.68. The molecule has 0 aliphatic rings. The Bertz CT molecular complexity index is 559. The van der Waals surface area contributed by atoms with E-state index in [4.69, 9.17) is 4.18 Å². The van der Waals surface area contributed by atoms with E-state index in [1.165, 1.54) is 18.3 Å². The van der Waals surface area contributed by atoms with Crippen molar-refractivity contribution in [1.82, 2.24) is 4.98 Å². The smallest absolute Gasteiger partial charge is 0.341 e. The fraction of sp³-hybridized carbons (Fsp3) is 0.100. The van der Waals surface area contributed by atoms with E-state index in [1.807, 2.05) is 6.92 Å². The minimum absolute atomic E-state index is 0.126. The SMILES string of the molecule is Cc1ccc(S(=O)(=O)Oc2nccs2)cc1. The Kier molecular flexibility index (Phi) is 2.93. The van der Waals surface area contributed by atoms with E-state index < -0.39 is 10.1 Å². The lowest BCUT2D eigenvalue weighted by molar-refractivity contribution is 0.484. The predicted molar refractivity (Wildman–Crippen MR) is 61.1 cm³/mol. The van der Waals surface area contributed by atoms with Crippen LogP contribution in [0.3, 0.4) is 0 Å². The lowest BCUT2D eigenvalue weighted by atomic mass is 10.2. The van der Waals surface area contributed by atoms with Crippen molar-refractivity contribution >= 4 is 21.5 Å². The van der Waals surface area contributed by atoms with Gasteiger partial charge in [0.2, 0.25) is 0 Å². The van der Waals surface area contributed by atoms with E-state index in [1.54, 1.807) is 17.5 Å². The molecule has 2 aromatic rings. The van der Waals surface area contributed by atoms with Crippen molar-refractivity contribution in [2.45, 2.75) is 11.8 Å². The molecular formula is C10H9NO3S2. The van der Waals surface area contributed by atoms with Gasteiger partial charge in [-0.15, -0.1) is 0 Å². The number of rotatable bonds is 3. The summed E-state index contributed by atoms with van der Waals surface area (Å²) in [5.74, 6) is 0. The van der Waals surface area contributed by atoms with Crippen molar-refractivity contribution in [2.24, 2.45) is 0 Å². The molecule has 0 amide bonds. The van der Waals surface area contributed by atoms with Crippen LogP contribution in [-0.2, 0) is 10.1 Å². The Hall–Kier alpha value is -1.40. The maximum absolute atomic E-state index is 11.8. The highest BCUT2D eigenvalue weighted by Crippen LogP contribution is 2.20. The summed E-state index contributed by atoms with van der Waals surface area (Å²) in [7, 11) is -3.75. The molecule has 1 aromatic carbocycles. The molecule has 0 radical (unpaired) electrons. The van der Waals surface area contributed by atoms with Gasteiger partial charge in [-0.3, -0.25) is 0 Å². The van der Waals surface area contributed by atoms with Crippen LogP contribution in [0.15, 0.2) is 40.7 Å². The Labute approximate surface area is 97.7 Å². The number of aryl methyl sites for hydroxylation is 1. The number of hydrogen-bond acceptors (Lipinski definition) is 5. The van der Waals surface area contributed by atoms with Crippen molar-refractivity contribution in [3.8, 4) is 5.19 Å². The van der Waals surface area contributed by atoms with Gasteiger partial charge in [-0.05, 0) is 19.1 Å². The maximum Gasteiger partial charge on any atom is 0.341 e. The first-order valence-electron chi connectivity index (χ1n) is 4.48. The molecule has 1 aromatic heterocycles. The zero-order chi connectivity index (χ0) is 11.6. The molecule has 16 heavy (non-hydrogen) atoms. The molecule has 4 nitrogen and oxygen atoms in total. The molecule has 0 saturated heterocycles. The van der Waals surface area contributed by atoms with Crippen molar-refractivity contribution in [3.05, 3.63) is 41.4 Å². The van der Waals surface area contributed by atoms with Crippen molar-refractivity contribution < 1.29 is 12.6 Å². The lowest BCUT2D eigenvalue weighted by Crippen LogP contribution is -2.09. The van der Waals surface area contributed by atoms with Gasteiger partial charge < -0.3 is 4.18 Å². The summed E-state index contributed by atoms with van der Waals surface area (Å²) >= 11 is 1.14. The number of thiazole rings is 1. The summed E-state index contributed by atoms with van der Waals surface area (Å²) < 4.78 is 28.4. The van der Waals surface area contributed by atoms with Crippen LogP contribution in [-0.4, -0.2) is 13.4 Å². The molecule has 0 N–H and O–H groups in total. The topological polar surface area (TPSA) is 56.3 Å². The minimum Gasteiger partial charge on any atom is -0.348 e. The van der Waals surface area contributed by atoms with E-state index in [9.17, 15) is 8.42 Å². The Morgan fingerprint density at radius 2 is 1.94 bits per heavy atom. The van der Waals surface area contributed by atoms with E-state index in [0.717, 1.165) is 16.9 Å². The molecule has 0 saturated carbocycles. The average Bonchev–Trinajstić information content (AvgIpc) is 2.70.